The van der Waals surface area contributed by atoms with Crippen LogP contribution in [0.25, 0.3) is 0 Å². The number of aliphatic hydroxyl groups excluding tert-OH is 1. The van der Waals surface area contributed by atoms with Crippen LogP contribution < -0.4 is 14.2 Å². The van der Waals surface area contributed by atoms with Crippen molar-refractivity contribution in [2.45, 2.75) is 19.2 Å². The standard InChI is InChI=1S/C17H17F3O4/c18-17(19,20)24-16-6-2-1-5-15(16)23-14-9-7-13(8-10-14)22-12-4-3-11-21/h1-2,5-10,21H,3-4,11-12H2. The van der Waals surface area contributed by atoms with Gasteiger partial charge in [-0.25, -0.2) is 0 Å². The minimum atomic E-state index is -4.79. The molecule has 7 heteroatoms. The molecule has 0 atom stereocenters. The summed E-state index contributed by atoms with van der Waals surface area (Å²) in [5.41, 5.74) is 0. The zero-order valence-corrected chi connectivity index (χ0v) is 12.8. The van der Waals surface area contributed by atoms with Crippen molar-refractivity contribution in [3.63, 3.8) is 0 Å². The van der Waals surface area contributed by atoms with Crippen LogP contribution in [0.5, 0.6) is 23.0 Å². The lowest BCUT2D eigenvalue weighted by Crippen LogP contribution is -2.17. The number of alkyl halides is 3. The predicted molar refractivity (Wildman–Crippen MR) is 81.5 cm³/mol. The van der Waals surface area contributed by atoms with E-state index in [0.29, 0.717) is 24.5 Å². The predicted octanol–water partition coefficient (Wildman–Crippen LogP) is 4.53. The molecule has 1 N–H and O–H groups in total. The molecule has 0 radical (unpaired) electrons. The summed E-state index contributed by atoms with van der Waals surface area (Å²) >= 11 is 0. The van der Waals surface area contributed by atoms with E-state index in [1.54, 1.807) is 30.3 Å². The lowest BCUT2D eigenvalue weighted by molar-refractivity contribution is -0.275. The molecule has 0 aliphatic rings. The molecule has 0 saturated carbocycles. The Morgan fingerprint density at radius 3 is 2.08 bits per heavy atom. The second kappa shape index (κ2) is 8.44. The zero-order valence-electron chi connectivity index (χ0n) is 12.8. The molecule has 4 nitrogen and oxygen atoms in total. The van der Waals surface area contributed by atoms with Crippen LogP contribution in [-0.4, -0.2) is 24.7 Å². The SMILES string of the molecule is OCCCCOc1ccc(Oc2ccccc2OC(F)(F)F)cc1. The van der Waals surface area contributed by atoms with E-state index < -0.39 is 12.1 Å². The summed E-state index contributed by atoms with van der Waals surface area (Å²) in [4.78, 5) is 0. The highest BCUT2D eigenvalue weighted by Gasteiger charge is 2.32. The molecule has 0 fully saturated rings. The molecule has 0 unspecified atom stereocenters. The Morgan fingerprint density at radius 1 is 0.833 bits per heavy atom. The number of rotatable bonds is 8. The maximum Gasteiger partial charge on any atom is 0.573 e. The fraction of sp³-hybridized carbons (Fsp3) is 0.294. The largest absolute Gasteiger partial charge is 0.573 e. The fourth-order valence-corrected chi connectivity index (χ4v) is 1.88. The van der Waals surface area contributed by atoms with Crippen molar-refractivity contribution >= 4 is 0 Å². The van der Waals surface area contributed by atoms with Crippen LogP contribution in [0.2, 0.25) is 0 Å². The number of halogens is 3. The van der Waals surface area contributed by atoms with Crippen molar-refractivity contribution in [1.82, 2.24) is 0 Å². The average Bonchev–Trinajstić information content (AvgIpc) is 2.54. The number of aliphatic hydroxyl groups is 1. The van der Waals surface area contributed by atoms with Crippen molar-refractivity contribution in [2.24, 2.45) is 0 Å². The number of ether oxygens (including phenoxy) is 3. The number of benzene rings is 2. The van der Waals surface area contributed by atoms with Gasteiger partial charge in [-0.15, -0.1) is 13.2 Å². The Labute approximate surface area is 137 Å². The lowest BCUT2D eigenvalue weighted by Gasteiger charge is -2.14. The molecule has 0 saturated heterocycles. The lowest BCUT2D eigenvalue weighted by atomic mass is 10.3. The maximum absolute atomic E-state index is 12.4. The van der Waals surface area contributed by atoms with Gasteiger partial charge in [0.25, 0.3) is 0 Å². The molecule has 0 heterocycles. The molecule has 0 bridgehead atoms. The van der Waals surface area contributed by atoms with Crippen LogP contribution in [0, 0.1) is 0 Å². The average molecular weight is 342 g/mol. The van der Waals surface area contributed by atoms with Gasteiger partial charge in [-0.2, -0.15) is 0 Å². The minimum Gasteiger partial charge on any atom is -0.494 e. The smallest absolute Gasteiger partial charge is 0.494 e. The third kappa shape index (κ3) is 6.00. The van der Waals surface area contributed by atoms with E-state index in [-0.39, 0.29) is 12.4 Å². The van der Waals surface area contributed by atoms with Gasteiger partial charge in [-0.1, -0.05) is 12.1 Å². The van der Waals surface area contributed by atoms with E-state index in [2.05, 4.69) is 4.74 Å². The van der Waals surface area contributed by atoms with Gasteiger partial charge in [-0.3, -0.25) is 0 Å². The van der Waals surface area contributed by atoms with Crippen molar-refractivity contribution in [3.05, 3.63) is 48.5 Å². The molecule has 0 aliphatic carbocycles. The first-order valence-corrected chi connectivity index (χ1v) is 7.34. The molecular weight excluding hydrogens is 325 g/mol. The van der Waals surface area contributed by atoms with Gasteiger partial charge in [0.05, 0.1) is 6.61 Å². The van der Waals surface area contributed by atoms with Gasteiger partial charge >= 0.3 is 6.36 Å². The van der Waals surface area contributed by atoms with Crippen LogP contribution in [0.15, 0.2) is 48.5 Å². The molecular formula is C17H17F3O4. The van der Waals surface area contributed by atoms with Crippen molar-refractivity contribution in [2.75, 3.05) is 13.2 Å². The highest BCUT2D eigenvalue weighted by Crippen LogP contribution is 2.35. The van der Waals surface area contributed by atoms with Gasteiger partial charge in [0.2, 0.25) is 0 Å². The quantitative estimate of drug-likeness (QED) is 0.716. The Bertz CT molecular complexity index is 626. The van der Waals surface area contributed by atoms with Gasteiger partial charge in [0.1, 0.15) is 11.5 Å². The zero-order chi connectivity index (χ0) is 17.4. The normalized spacial score (nSPS) is 11.2. The highest BCUT2D eigenvalue weighted by atomic mass is 19.4. The molecule has 2 rings (SSSR count). The summed E-state index contributed by atoms with van der Waals surface area (Å²) in [5, 5.41) is 8.68. The van der Waals surface area contributed by atoms with Crippen LogP contribution in [0.3, 0.4) is 0 Å². The first-order valence-electron chi connectivity index (χ1n) is 7.34. The summed E-state index contributed by atoms with van der Waals surface area (Å²) in [5.74, 6) is 0.525. The molecule has 0 aliphatic heterocycles. The maximum atomic E-state index is 12.4. The van der Waals surface area contributed by atoms with Gasteiger partial charge in [0, 0.05) is 6.61 Å². The van der Waals surface area contributed by atoms with E-state index in [9.17, 15) is 13.2 Å². The summed E-state index contributed by atoms with van der Waals surface area (Å²) in [6.07, 6.45) is -3.39. The van der Waals surface area contributed by atoms with Crippen molar-refractivity contribution < 1.29 is 32.5 Å². The van der Waals surface area contributed by atoms with Gasteiger partial charge in [-0.05, 0) is 49.2 Å². The van der Waals surface area contributed by atoms with Crippen LogP contribution in [0.1, 0.15) is 12.8 Å². The Balaban J connectivity index is 1.99. The first-order chi connectivity index (χ1) is 11.5. The first kappa shape index (κ1) is 17.9. The van der Waals surface area contributed by atoms with E-state index in [1.165, 1.54) is 18.2 Å². The Morgan fingerprint density at radius 2 is 1.46 bits per heavy atom. The van der Waals surface area contributed by atoms with E-state index >= 15 is 0 Å². The number of hydrogen-bond acceptors (Lipinski definition) is 4. The summed E-state index contributed by atoms with van der Waals surface area (Å²) < 4.78 is 52.0. The molecule has 2 aromatic rings. The van der Waals surface area contributed by atoms with E-state index in [0.717, 1.165) is 6.42 Å². The summed E-state index contributed by atoms with van der Waals surface area (Å²) in [6.45, 7) is 0.596. The van der Waals surface area contributed by atoms with Crippen molar-refractivity contribution in [1.29, 1.82) is 0 Å². The molecule has 2 aromatic carbocycles. The monoisotopic (exact) mass is 342 g/mol. The van der Waals surface area contributed by atoms with Crippen LogP contribution in [0.4, 0.5) is 13.2 Å². The molecule has 130 valence electrons. The molecule has 24 heavy (non-hydrogen) atoms. The summed E-state index contributed by atoms with van der Waals surface area (Å²) in [7, 11) is 0. The number of para-hydroxylation sites is 2. The minimum absolute atomic E-state index is 0.0357. The number of hydrogen-bond donors (Lipinski definition) is 1. The summed E-state index contributed by atoms with van der Waals surface area (Å²) in [6, 6.07) is 12.0. The Hall–Kier alpha value is -2.41. The molecule has 0 amide bonds. The van der Waals surface area contributed by atoms with E-state index in [1.807, 2.05) is 0 Å². The molecule has 0 spiro atoms. The van der Waals surface area contributed by atoms with Crippen molar-refractivity contribution in [3.8, 4) is 23.0 Å². The second-order valence-electron chi connectivity index (χ2n) is 4.85. The van der Waals surface area contributed by atoms with Gasteiger partial charge < -0.3 is 19.3 Å². The highest BCUT2D eigenvalue weighted by molar-refractivity contribution is 5.43. The van der Waals surface area contributed by atoms with Gasteiger partial charge in [0.15, 0.2) is 11.5 Å². The van der Waals surface area contributed by atoms with Crippen LogP contribution >= 0.6 is 0 Å². The third-order valence-corrected chi connectivity index (χ3v) is 2.95. The Kier molecular flexibility index (Phi) is 6.31. The van der Waals surface area contributed by atoms with Crippen LogP contribution in [-0.2, 0) is 0 Å². The second-order valence-corrected chi connectivity index (χ2v) is 4.85. The molecule has 0 aromatic heterocycles. The fourth-order valence-electron chi connectivity index (χ4n) is 1.88. The van der Waals surface area contributed by atoms with E-state index in [4.69, 9.17) is 14.6 Å². The topological polar surface area (TPSA) is 47.9 Å². The number of unbranched alkanes of at least 4 members (excludes halogenated alkanes) is 1. The third-order valence-electron chi connectivity index (χ3n) is 2.95.